The monoisotopic (exact) mass is 327 g/mol. The Morgan fingerprint density at radius 3 is 2.46 bits per heavy atom. The molecule has 0 bridgehead atoms. The Bertz CT molecular complexity index is 770. The van der Waals surface area contributed by atoms with E-state index in [1.807, 2.05) is 19.1 Å². The molecule has 0 aliphatic heterocycles. The van der Waals surface area contributed by atoms with Crippen LogP contribution in [0.5, 0.6) is 11.5 Å². The molecule has 2 aromatic rings. The number of rotatable bonds is 5. The van der Waals surface area contributed by atoms with E-state index < -0.39 is 12.0 Å². The highest BCUT2D eigenvalue weighted by Crippen LogP contribution is 2.28. The molecule has 0 aliphatic carbocycles. The lowest BCUT2D eigenvalue weighted by Gasteiger charge is -2.10. The van der Waals surface area contributed by atoms with Gasteiger partial charge < -0.3 is 15.2 Å². The molecule has 0 unspecified atom stereocenters. The molecule has 124 valence electrons. The van der Waals surface area contributed by atoms with Crippen LogP contribution >= 0.6 is 0 Å². The molecule has 0 spiro atoms. The fourth-order valence-corrected chi connectivity index (χ4v) is 1.87. The molecule has 24 heavy (non-hydrogen) atoms. The highest BCUT2D eigenvalue weighted by Gasteiger charge is 2.12. The van der Waals surface area contributed by atoms with Gasteiger partial charge in [0.15, 0.2) is 11.5 Å². The van der Waals surface area contributed by atoms with Crippen molar-refractivity contribution in [2.24, 2.45) is 10.8 Å². The second-order valence-corrected chi connectivity index (χ2v) is 4.90. The Morgan fingerprint density at radius 1 is 1.12 bits per heavy atom. The van der Waals surface area contributed by atoms with E-state index in [1.54, 1.807) is 30.3 Å². The summed E-state index contributed by atoms with van der Waals surface area (Å²) in [7, 11) is 1.46. The normalized spacial score (nSPS) is 10.4. The Kier molecular flexibility index (Phi) is 5.51. The van der Waals surface area contributed by atoms with Gasteiger partial charge in [-0.05, 0) is 42.8 Å². The largest absolute Gasteiger partial charge is 0.493 e. The molecule has 0 atom stereocenters. The number of nitrogens with one attached hydrogen (secondary N) is 1. The SMILES string of the molecule is COc1cc(/C=N/NC(N)=O)ccc1OC(=O)c1ccc(C)cc1. The molecule has 7 heteroatoms. The number of nitrogens with zero attached hydrogens (tertiary/aromatic N) is 1. The Labute approximate surface area is 139 Å². The highest BCUT2D eigenvalue weighted by molar-refractivity contribution is 5.91. The van der Waals surface area contributed by atoms with Crippen molar-refractivity contribution in [3.05, 3.63) is 59.2 Å². The number of urea groups is 1. The maximum atomic E-state index is 12.2. The van der Waals surface area contributed by atoms with Crippen LogP contribution in [0.4, 0.5) is 4.79 Å². The standard InChI is InChI=1S/C17H17N3O4/c1-11-3-6-13(7-4-11)16(21)24-14-8-5-12(9-15(14)23-2)10-19-20-17(18)22/h3-10H,1-2H3,(H3,18,20,22)/b19-10+. The van der Waals surface area contributed by atoms with Crippen LogP contribution in [-0.2, 0) is 0 Å². The van der Waals surface area contributed by atoms with Gasteiger partial charge in [0.05, 0.1) is 18.9 Å². The Morgan fingerprint density at radius 2 is 1.83 bits per heavy atom. The minimum absolute atomic E-state index is 0.281. The van der Waals surface area contributed by atoms with Gasteiger partial charge in [0.2, 0.25) is 0 Å². The lowest BCUT2D eigenvalue weighted by Crippen LogP contribution is -2.24. The molecule has 0 saturated carbocycles. The Balaban J connectivity index is 2.15. The van der Waals surface area contributed by atoms with Crippen LogP contribution in [0, 0.1) is 6.92 Å². The van der Waals surface area contributed by atoms with Crippen molar-refractivity contribution in [2.45, 2.75) is 6.92 Å². The van der Waals surface area contributed by atoms with E-state index in [2.05, 4.69) is 10.5 Å². The van der Waals surface area contributed by atoms with Gasteiger partial charge in [-0.2, -0.15) is 5.10 Å². The molecule has 2 rings (SSSR count). The number of benzene rings is 2. The topological polar surface area (TPSA) is 103 Å². The number of hydrazone groups is 1. The minimum Gasteiger partial charge on any atom is -0.493 e. The van der Waals surface area contributed by atoms with Gasteiger partial charge >= 0.3 is 12.0 Å². The lowest BCUT2D eigenvalue weighted by molar-refractivity contribution is 0.0729. The predicted octanol–water partition coefficient (Wildman–Crippen LogP) is 2.23. The molecular formula is C17H17N3O4. The summed E-state index contributed by atoms with van der Waals surface area (Å²) in [6, 6.07) is 11.1. The van der Waals surface area contributed by atoms with Crippen molar-refractivity contribution in [1.29, 1.82) is 0 Å². The zero-order chi connectivity index (χ0) is 17.5. The third-order valence-corrected chi connectivity index (χ3v) is 3.07. The van der Waals surface area contributed by atoms with E-state index in [-0.39, 0.29) is 5.75 Å². The molecule has 7 nitrogen and oxygen atoms in total. The number of primary amides is 1. The molecule has 0 saturated heterocycles. The van der Waals surface area contributed by atoms with Crippen molar-refractivity contribution in [1.82, 2.24) is 5.43 Å². The second-order valence-electron chi connectivity index (χ2n) is 4.90. The number of carbonyl (C=O) groups excluding carboxylic acids is 2. The first-order valence-electron chi connectivity index (χ1n) is 7.05. The summed E-state index contributed by atoms with van der Waals surface area (Å²) in [4.78, 5) is 22.7. The van der Waals surface area contributed by atoms with Crippen molar-refractivity contribution in [2.75, 3.05) is 7.11 Å². The average molecular weight is 327 g/mol. The first-order chi connectivity index (χ1) is 11.5. The van der Waals surface area contributed by atoms with Gasteiger partial charge in [-0.25, -0.2) is 15.0 Å². The summed E-state index contributed by atoms with van der Waals surface area (Å²) < 4.78 is 10.6. The van der Waals surface area contributed by atoms with Gasteiger partial charge in [-0.3, -0.25) is 0 Å². The number of amides is 2. The molecule has 2 amide bonds. The minimum atomic E-state index is -0.762. The van der Waals surface area contributed by atoms with Crippen LogP contribution in [0.1, 0.15) is 21.5 Å². The summed E-state index contributed by atoms with van der Waals surface area (Å²) in [6.45, 7) is 1.94. The molecular weight excluding hydrogens is 310 g/mol. The zero-order valence-electron chi connectivity index (χ0n) is 13.3. The van der Waals surface area contributed by atoms with Crippen molar-refractivity contribution >= 4 is 18.2 Å². The smallest absolute Gasteiger partial charge is 0.343 e. The lowest BCUT2D eigenvalue weighted by atomic mass is 10.1. The molecule has 0 aliphatic rings. The number of aryl methyl sites for hydroxylation is 1. The van der Waals surface area contributed by atoms with Crippen LogP contribution in [0.3, 0.4) is 0 Å². The molecule has 3 N–H and O–H groups in total. The van der Waals surface area contributed by atoms with Crippen molar-refractivity contribution < 1.29 is 19.1 Å². The summed E-state index contributed by atoms with van der Waals surface area (Å²) >= 11 is 0. The van der Waals surface area contributed by atoms with Gasteiger partial charge in [0, 0.05) is 0 Å². The third-order valence-electron chi connectivity index (χ3n) is 3.07. The number of carbonyl (C=O) groups is 2. The predicted molar refractivity (Wildman–Crippen MR) is 89.4 cm³/mol. The molecule has 0 radical (unpaired) electrons. The third kappa shape index (κ3) is 4.57. The first kappa shape index (κ1) is 17.0. The summed E-state index contributed by atoms with van der Waals surface area (Å²) in [5, 5.41) is 3.65. The van der Waals surface area contributed by atoms with Gasteiger partial charge in [0.25, 0.3) is 0 Å². The van der Waals surface area contributed by atoms with Gasteiger partial charge in [-0.1, -0.05) is 17.7 Å². The number of hydrogen-bond donors (Lipinski definition) is 2. The van der Waals surface area contributed by atoms with Crippen LogP contribution in [-0.4, -0.2) is 25.3 Å². The van der Waals surface area contributed by atoms with E-state index in [0.29, 0.717) is 16.9 Å². The van der Waals surface area contributed by atoms with Gasteiger partial charge in [0.1, 0.15) is 0 Å². The van der Waals surface area contributed by atoms with E-state index in [1.165, 1.54) is 13.3 Å². The second kappa shape index (κ2) is 7.77. The quantitative estimate of drug-likeness (QED) is 0.380. The van der Waals surface area contributed by atoms with Crippen LogP contribution in [0.15, 0.2) is 47.6 Å². The van der Waals surface area contributed by atoms with E-state index in [4.69, 9.17) is 15.2 Å². The van der Waals surface area contributed by atoms with E-state index in [0.717, 1.165) is 5.56 Å². The fraction of sp³-hybridized carbons (Fsp3) is 0.118. The zero-order valence-corrected chi connectivity index (χ0v) is 13.3. The van der Waals surface area contributed by atoms with Crippen LogP contribution in [0.2, 0.25) is 0 Å². The summed E-state index contributed by atoms with van der Waals surface area (Å²) in [5.74, 6) is 0.159. The maximum absolute atomic E-state index is 12.2. The number of methoxy groups -OCH3 is 1. The molecule has 2 aromatic carbocycles. The van der Waals surface area contributed by atoms with Crippen molar-refractivity contribution in [3.63, 3.8) is 0 Å². The van der Waals surface area contributed by atoms with Crippen molar-refractivity contribution in [3.8, 4) is 11.5 Å². The van der Waals surface area contributed by atoms with Crippen LogP contribution in [0.25, 0.3) is 0 Å². The number of esters is 1. The fourth-order valence-electron chi connectivity index (χ4n) is 1.87. The number of hydrogen-bond acceptors (Lipinski definition) is 5. The Hall–Kier alpha value is -3.35. The number of ether oxygens (including phenoxy) is 2. The van der Waals surface area contributed by atoms with E-state index in [9.17, 15) is 9.59 Å². The van der Waals surface area contributed by atoms with Gasteiger partial charge in [-0.15, -0.1) is 0 Å². The molecule has 0 aromatic heterocycles. The first-order valence-corrected chi connectivity index (χ1v) is 7.05. The van der Waals surface area contributed by atoms with Crippen LogP contribution < -0.4 is 20.6 Å². The highest BCUT2D eigenvalue weighted by atomic mass is 16.6. The maximum Gasteiger partial charge on any atom is 0.343 e. The number of nitrogens with two attached hydrogens (primary N) is 1. The summed E-state index contributed by atoms with van der Waals surface area (Å²) in [6.07, 6.45) is 1.39. The van der Waals surface area contributed by atoms with E-state index >= 15 is 0 Å². The summed E-state index contributed by atoms with van der Waals surface area (Å²) in [5.41, 5.74) is 9.13. The average Bonchev–Trinajstić information content (AvgIpc) is 2.56. The molecule has 0 heterocycles. The molecule has 0 fully saturated rings.